The summed E-state index contributed by atoms with van der Waals surface area (Å²) >= 11 is 5.91. The topological polar surface area (TPSA) is 138 Å². The van der Waals surface area contributed by atoms with E-state index in [1.807, 2.05) is 0 Å². The maximum Gasteiger partial charge on any atom is 0.340 e. The van der Waals surface area contributed by atoms with Gasteiger partial charge in [-0.25, -0.2) is 14.4 Å². The predicted molar refractivity (Wildman–Crippen MR) is 163 cm³/mol. The molecular weight excluding hydrogens is 609 g/mol. The fourth-order valence-corrected chi connectivity index (χ4v) is 9.88. The first-order valence-electron chi connectivity index (χ1n) is 13.2. The van der Waals surface area contributed by atoms with Gasteiger partial charge in [0.25, 0.3) is 0 Å². The molecule has 42 heavy (non-hydrogen) atoms. The smallest absolute Gasteiger partial charge is 0.340 e. The summed E-state index contributed by atoms with van der Waals surface area (Å²) in [6.45, 7) is 9.11. The third-order valence-electron chi connectivity index (χ3n) is 5.67. The summed E-state index contributed by atoms with van der Waals surface area (Å²) in [7, 11) is -6.98. The molecule has 0 saturated heterocycles. The van der Waals surface area contributed by atoms with Gasteiger partial charge in [0.2, 0.25) is 13.3 Å². The number of rotatable bonds is 17. The van der Waals surface area contributed by atoms with Gasteiger partial charge in [-0.3, -0.25) is 13.9 Å². The molecule has 3 rings (SSSR count). The lowest BCUT2D eigenvalue weighted by molar-refractivity contribution is -0.111. The number of ether oxygens (including phenoxy) is 1. The van der Waals surface area contributed by atoms with Gasteiger partial charge in [-0.2, -0.15) is 0 Å². The Morgan fingerprint density at radius 2 is 1.79 bits per heavy atom. The molecule has 0 spiro atoms. The van der Waals surface area contributed by atoms with Crippen molar-refractivity contribution in [3.63, 3.8) is 0 Å². The predicted octanol–water partition coefficient (Wildman–Crippen LogP) is 7.60. The van der Waals surface area contributed by atoms with Gasteiger partial charge in [-0.15, -0.1) is 0 Å². The highest BCUT2D eigenvalue weighted by molar-refractivity contribution is 7.73. The summed E-state index contributed by atoms with van der Waals surface area (Å²) in [6.07, 6.45) is 2.81. The first-order chi connectivity index (χ1) is 20.0. The van der Waals surface area contributed by atoms with Crippen LogP contribution in [0.4, 0.5) is 21.6 Å². The summed E-state index contributed by atoms with van der Waals surface area (Å²) < 4.78 is 62.3. The molecule has 1 atom stereocenters. The van der Waals surface area contributed by atoms with Crippen LogP contribution in [0.25, 0.3) is 10.9 Å². The molecule has 0 bridgehead atoms. The number of halogens is 2. The van der Waals surface area contributed by atoms with E-state index < -0.39 is 26.7 Å². The Morgan fingerprint density at radius 1 is 1.07 bits per heavy atom. The monoisotopic (exact) mass is 642 g/mol. The van der Waals surface area contributed by atoms with E-state index in [9.17, 15) is 18.3 Å². The van der Waals surface area contributed by atoms with Crippen molar-refractivity contribution < 1.29 is 36.6 Å². The highest BCUT2D eigenvalue weighted by Crippen LogP contribution is 2.63. The van der Waals surface area contributed by atoms with Crippen LogP contribution >= 0.6 is 26.6 Å². The van der Waals surface area contributed by atoms with Gasteiger partial charge in [0.05, 0.1) is 42.7 Å². The van der Waals surface area contributed by atoms with Crippen LogP contribution in [0.5, 0.6) is 5.75 Å². The SMILES string of the molecule is C=CC(=O)Nc1cc2c(Nc3ccc(F)c(Cl)c3)ncnc2cc1OCCCP(=O)(CP(=O)(OCC)OCC)OCC. The van der Waals surface area contributed by atoms with E-state index in [4.69, 9.17) is 29.9 Å². The van der Waals surface area contributed by atoms with Gasteiger partial charge in [0, 0.05) is 23.3 Å². The largest absolute Gasteiger partial charge is 0.491 e. The van der Waals surface area contributed by atoms with E-state index in [0.29, 0.717) is 33.8 Å². The lowest BCUT2D eigenvalue weighted by Gasteiger charge is -2.23. The number of nitrogens with one attached hydrogen (secondary N) is 2. The van der Waals surface area contributed by atoms with Crippen LogP contribution in [0, 0.1) is 5.82 Å². The number of amides is 1. The molecule has 3 aromatic rings. The molecule has 0 radical (unpaired) electrons. The van der Waals surface area contributed by atoms with E-state index >= 15 is 0 Å². The number of nitrogens with zero attached hydrogens (tertiary/aromatic N) is 2. The van der Waals surface area contributed by atoms with Crippen LogP contribution in [0.1, 0.15) is 27.2 Å². The highest BCUT2D eigenvalue weighted by atomic mass is 35.5. The van der Waals surface area contributed by atoms with Gasteiger partial charge in [-0.05, 0) is 57.5 Å². The van der Waals surface area contributed by atoms with Crippen LogP contribution in [0.2, 0.25) is 5.02 Å². The van der Waals surface area contributed by atoms with Crippen LogP contribution in [-0.4, -0.2) is 54.4 Å². The second kappa shape index (κ2) is 15.6. The molecule has 0 fully saturated rings. The van der Waals surface area contributed by atoms with Crippen molar-refractivity contribution in [3.05, 3.63) is 60.2 Å². The lowest BCUT2D eigenvalue weighted by Crippen LogP contribution is -2.11. The number of fused-ring (bicyclic) bond motifs is 1. The summed E-state index contributed by atoms with van der Waals surface area (Å²) in [5, 5.41) is 6.27. The summed E-state index contributed by atoms with van der Waals surface area (Å²) in [5.41, 5.74) is 1.30. The molecule has 2 N–H and O–H groups in total. The van der Waals surface area contributed by atoms with Crippen LogP contribution in [0.15, 0.2) is 49.3 Å². The van der Waals surface area contributed by atoms with Crippen molar-refractivity contribution in [2.75, 3.05) is 49.1 Å². The standard InChI is InChI=1S/C27H34ClFN4O7P2/c1-5-26(34)33-24-15-20-23(30-17-31-27(20)32-19-10-11-22(29)21(28)14-19)16-25(24)37-12-9-13-41(35,38-6-2)18-42(36,39-7-3)40-8-4/h5,10-11,14-17H,1,6-9,12-13,18H2,2-4H3,(H,33,34)(H,30,31,32). The first-order valence-corrected chi connectivity index (χ1v) is 17.3. The molecule has 228 valence electrons. The van der Waals surface area contributed by atoms with Crippen molar-refractivity contribution in [1.29, 1.82) is 0 Å². The average molecular weight is 643 g/mol. The van der Waals surface area contributed by atoms with Gasteiger partial charge in [0.1, 0.15) is 29.6 Å². The molecule has 15 heteroatoms. The second-order valence-corrected chi connectivity index (χ2v) is 14.4. The molecule has 0 aliphatic heterocycles. The zero-order chi connectivity index (χ0) is 30.8. The van der Waals surface area contributed by atoms with Crippen LogP contribution < -0.4 is 15.4 Å². The number of hydrogen-bond acceptors (Lipinski definition) is 10. The minimum atomic E-state index is -3.60. The average Bonchev–Trinajstić information content (AvgIpc) is 2.93. The number of carbonyl (C=O) groups is 1. The lowest BCUT2D eigenvalue weighted by atomic mass is 10.1. The fraction of sp³-hybridized carbons (Fsp3) is 0.370. The Hall–Kier alpha value is -2.85. The van der Waals surface area contributed by atoms with Crippen LogP contribution in [-0.2, 0) is 27.5 Å². The zero-order valence-electron chi connectivity index (χ0n) is 23.6. The van der Waals surface area contributed by atoms with E-state index in [1.165, 1.54) is 24.5 Å². The Kier molecular flexibility index (Phi) is 12.5. The molecule has 1 heterocycles. The Bertz CT molecular complexity index is 1500. The Morgan fingerprint density at radius 3 is 2.43 bits per heavy atom. The van der Waals surface area contributed by atoms with E-state index in [1.54, 1.807) is 32.9 Å². The van der Waals surface area contributed by atoms with Gasteiger partial charge < -0.3 is 28.9 Å². The van der Waals surface area contributed by atoms with Crippen molar-refractivity contribution in [2.24, 2.45) is 0 Å². The van der Waals surface area contributed by atoms with Crippen molar-refractivity contribution in [2.45, 2.75) is 27.2 Å². The van der Waals surface area contributed by atoms with E-state index in [0.717, 1.165) is 6.08 Å². The van der Waals surface area contributed by atoms with Gasteiger partial charge in [0.15, 0.2) is 0 Å². The molecule has 1 amide bonds. The van der Waals surface area contributed by atoms with Gasteiger partial charge in [-0.1, -0.05) is 18.2 Å². The van der Waals surface area contributed by atoms with E-state index in [-0.39, 0.29) is 49.9 Å². The zero-order valence-corrected chi connectivity index (χ0v) is 26.1. The number of aromatic nitrogens is 2. The number of anilines is 3. The third-order valence-corrected chi connectivity index (χ3v) is 12.1. The molecular formula is C27H34ClFN4O7P2. The summed E-state index contributed by atoms with van der Waals surface area (Å²) in [4.78, 5) is 20.8. The second-order valence-electron chi connectivity index (χ2n) is 8.78. The molecule has 1 aromatic heterocycles. The van der Waals surface area contributed by atoms with Crippen molar-refractivity contribution in [3.8, 4) is 5.75 Å². The normalized spacial score (nSPS) is 13.0. The summed E-state index contributed by atoms with van der Waals surface area (Å²) in [6, 6.07) is 7.41. The first kappa shape index (κ1) is 33.6. The van der Waals surface area contributed by atoms with Gasteiger partial charge >= 0.3 is 7.60 Å². The fourth-order valence-electron chi connectivity index (χ4n) is 3.97. The quantitative estimate of drug-likeness (QED) is 0.0860. The van der Waals surface area contributed by atoms with Crippen LogP contribution in [0.3, 0.4) is 0 Å². The Labute approximate surface area is 249 Å². The summed E-state index contributed by atoms with van der Waals surface area (Å²) in [5.74, 6) is -0.680. The van der Waals surface area contributed by atoms with Crippen molar-refractivity contribution >= 4 is 60.6 Å². The number of carbonyl (C=O) groups excluding carboxylic acids is 1. The number of benzene rings is 2. The molecule has 0 saturated carbocycles. The molecule has 2 aromatic carbocycles. The maximum absolute atomic E-state index is 13.6. The van der Waals surface area contributed by atoms with Crippen molar-refractivity contribution in [1.82, 2.24) is 9.97 Å². The third kappa shape index (κ3) is 9.33. The minimum absolute atomic E-state index is 0.0551. The molecule has 0 aliphatic rings. The maximum atomic E-state index is 13.6. The number of hydrogen-bond donors (Lipinski definition) is 2. The Balaban J connectivity index is 1.82. The molecule has 11 nitrogen and oxygen atoms in total. The minimum Gasteiger partial charge on any atom is -0.491 e. The highest BCUT2D eigenvalue weighted by Gasteiger charge is 2.36. The molecule has 1 unspecified atom stereocenters. The van der Waals surface area contributed by atoms with E-state index in [2.05, 4.69) is 27.2 Å². The molecule has 0 aliphatic carbocycles.